The summed E-state index contributed by atoms with van der Waals surface area (Å²) >= 11 is 0. The van der Waals surface area contributed by atoms with Crippen molar-refractivity contribution in [2.75, 3.05) is 4.90 Å². The molecule has 4 nitrogen and oxygen atoms in total. The maximum Gasteiger partial charge on any atom is 0.192 e. The fraction of sp³-hybridized carbons (Fsp3) is 0.167. The third kappa shape index (κ3) is 4.04. The zero-order valence-corrected chi connectivity index (χ0v) is 16.0. The standard InChI is InChI=1S/C18H21N4.HI/c1-19-12-8-16(9-13-19)22(17-6-4-10-20(2)14-17)18-7-5-11-21(3)15-18;/h4-15H,1-3H3;1H/q+3;. The van der Waals surface area contributed by atoms with E-state index in [4.69, 9.17) is 0 Å². The highest BCUT2D eigenvalue weighted by Crippen LogP contribution is 2.31. The molecular weight excluding hydrogens is 399 g/mol. The number of nitrogens with zero attached hydrogens (tertiary/aromatic N) is 4. The number of pyridine rings is 3. The maximum atomic E-state index is 2.25. The molecule has 3 aromatic rings. The Balaban J connectivity index is 0.00000192. The van der Waals surface area contributed by atoms with E-state index >= 15 is 0 Å². The summed E-state index contributed by atoms with van der Waals surface area (Å²) in [4.78, 5) is 2.25. The van der Waals surface area contributed by atoms with Gasteiger partial charge in [-0.3, -0.25) is 4.90 Å². The minimum absolute atomic E-state index is 0. The molecule has 23 heavy (non-hydrogen) atoms. The molecule has 0 atom stereocenters. The van der Waals surface area contributed by atoms with E-state index in [-0.39, 0.29) is 24.0 Å². The fourth-order valence-electron chi connectivity index (χ4n) is 2.50. The highest BCUT2D eigenvalue weighted by molar-refractivity contribution is 14.0. The molecule has 0 aliphatic rings. The Labute approximate surface area is 154 Å². The molecule has 118 valence electrons. The van der Waals surface area contributed by atoms with E-state index in [9.17, 15) is 0 Å². The number of anilines is 3. The molecule has 3 aromatic heterocycles. The van der Waals surface area contributed by atoms with Gasteiger partial charge in [0, 0.05) is 24.3 Å². The van der Waals surface area contributed by atoms with Crippen LogP contribution in [0.15, 0.2) is 73.6 Å². The summed E-state index contributed by atoms with van der Waals surface area (Å²) in [6, 6.07) is 12.6. The largest absolute Gasteiger partial charge is 0.299 e. The van der Waals surface area contributed by atoms with Gasteiger partial charge in [-0.15, -0.1) is 24.0 Å². The minimum Gasteiger partial charge on any atom is -0.299 e. The summed E-state index contributed by atoms with van der Waals surface area (Å²) in [5, 5.41) is 0. The van der Waals surface area contributed by atoms with E-state index in [2.05, 4.69) is 75.2 Å². The average molecular weight is 421 g/mol. The van der Waals surface area contributed by atoms with Crippen molar-refractivity contribution in [1.29, 1.82) is 0 Å². The van der Waals surface area contributed by atoms with Crippen LogP contribution >= 0.6 is 24.0 Å². The van der Waals surface area contributed by atoms with Crippen molar-refractivity contribution in [3.63, 3.8) is 0 Å². The minimum atomic E-state index is 0. The van der Waals surface area contributed by atoms with Crippen LogP contribution in [0.4, 0.5) is 17.1 Å². The van der Waals surface area contributed by atoms with Gasteiger partial charge in [-0.1, -0.05) is 0 Å². The van der Waals surface area contributed by atoms with E-state index in [1.54, 1.807) is 0 Å². The van der Waals surface area contributed by atoms with Crippen LogP contribution in [-0.4, -0.2) is 0 Å². The molecule has 0 radical (unpaired) electrons. The Morgan fingerprint density at radius 1 is 0.609 bits per heavy atom. The normalized spacial score (nSPS) is 10.0. The summed E-state index contributed by atoms with van der Waals surface area (Å²) < 4.78 is 6.17. The van der Waals surface area contributed by atoms with E-state index in [0.717, 1.165) is 17.1 Å². The Kier molecular flexibility index (Phi) is 5.65. The third-order valence-electron chi connectivity index (χ3n) is 3.58. The van der Waals surface area contributed by atoms with Gasteiger partial charge in [0.2, 0.25) is 0 Å². The predicted octanol–water partition coefficient (Wildman–Crippen LogP) is 2.25. The lowest BCUT2D eigenvalue weighted by Gasteiger charge is -2.21. The number of aryl methyl sites for hydroxylation is 3. The Morgan fingerprint density at radius 2 is 1.09 bits per heavy atom. The number of aromatic nitrogens is 3. The first-order chi connectivity index (χ1) is 10.6. The van der Waals surface area contributed by atoms with Crippen molar-refractivity contribution in [2.45, 2.75) is 0 Å². The zero-order chi connectivity index (χ0) is 15.5. The van der Waals surface area contributed by atoms with Crippen LogP contribution in [0.25, 0.3) is 0 Å². The molecule has 0 bridgehead atoms. The molecule has 0 saturated heterocycles. The summed E-state index contributed by atoms with van der Waals surface area (Å²) in [5.74, 6) is 0. The van der Waals surface area contributed by atoms with Crippen molar-refractivity contribution < 1.29 is 13.7 Å². The molecule has 3 rings (SSSR count). The first-order valence-electron chi connectivity index (χ1n) is 7.29. The highest BCUT2D eigenvalue weighted by atomic mass is 127. The lowest BCUT2D eigenvalue weighted by molar-refractivity contribution is -0.671. The Morgan fingerprint density at radius 3 is 1.52 bits per heavy atom. The van der Waals surface area contributed by atoms with Gasteiger partial charge in [0.1, 0.15) is 32.5 Å². The van der Waals surface area contributed by atoms with Crippen molar-refractivity contribution >= 4 is 41.0 Å². The van der Waals surface area contributed by atoms with E-state index in [0.29, 0.717) is 0 Å². The molecule has 0 unspecified atom stereocenters. The zero-order valence-electron chi connectivity index (χ0n) is 13.6. The van der Waals surface area contributed by atoms with Gasteiger partial charge in [-0.2, -0.15) is 0 Å². The van der Waals surface area contributed by atoms with Crippen LogP contribution < -0.4 is 18.6 Å². The predicted molar refractivity (Wildman–Crippen MR) is 100 cm³/mol. The molecule has 0 amide bonds. The van der Waals surface area contributed by atoms with Crippen LogP contribution in [0.5, 0.6) is 0 Å². The number of halogens is 1. The topological polar surface area (TPSA) is 14.9 Å². The number of rotatable bonds is 3. The second-order valence-corrected chi connectivity index (χ2v) is 5.51. The molecule has 0 aliphatic heterocycles. The van der Waals surface area contributed by atoms with E-state index in [1.807, 2.05) is 38.1 Å². The van der Waals surface area contributed by atoms with Crippen molar-refractivity contribution in [2.24, 2.45) is 21.1 Å². The molecule has 0 fully saturated rings. The summed E-state index contributed by atoms with van der Waals surface area (Å²) in [6.45, 7) is 0. The van der Waals surface area contributed by atoms with Gasteiger partial charge in [-0.05, 0) is 12.1 Å². The van der Waals surface area contributed by atoms with Gasteiger partial charge in [0.05, 0.1) is 5.69 Å². The van der Waals surface area contributed by atoms with Gasteiger partial charge < -0.3 is 0 Å². The fourth-order valence-corrected chi connectivity index (χ4v) is 2.50. The molecule has 5 heteroatoms. The Bertz CT molecular complexity index is 742. The first kappa shape index (κ1) is 17.3. The van der Waals surface area contributed by atoms with Crippen LogP contribution in [0.1, 0.15) is 0 Å². The van der Waals surface area contributed by atoms with E-state index in [1.165, 1.54) is 0 Å². The summed E-state index contributed by atoms with van der Waals surface area (Å²) in [6.07, 6.45) is 12.5. The molecule has 0 saturated carbocycles. The van der Waals surface area contributed by atoms with E-state index < -0.39 is 0 Å². The molecular formula is C18H22IN4+3. The second-order valence-electron chi connectivity index (χ2n) is 5.51. The second kappa shape index (κ2) is 7.50. The number of hydrogen-bond donors (Lipinski definition) is 0. The van der Waals surface area contributed by atoms with Gasteiger partial charge in [0.15, 0.2) is 37.2 Å². The molecule has 0 N–H and O–H groups in total. The highest BCUT2D eigenvalue weighted by Gasteiger charge is 2.17. The maximum absolute atomic E-state index is 2.25. The van der Waals surface area contributed by atoms with Crippen LogP contribution in [0.2, 0.25) is 0 Å². The molecule has 3 heterocycles. The quantitative estimate of drug-likeness (QED) is 0.468. The van der Waals surface area contributed by atoms with Gasteiger partial charge in [-0.25, -0.2) is 13.7 Å². The van der Waals surface area contributed by atoms with Crippen LogP contribution in [0, 0.1) is 0 Å². The summed E-state index contributed by atoms with van der Waals surface area (Å²) in [5.41, 5.74) is 3.39. The van der Waals surface area contributed by atoms with Crippen LogP contribution in [0.3, 0.4) is 0 Å². The lowest BCUT2D eigenvalue weighted by Crippen LogP contribution is -2.30. The smallest absolute Gasteiger partial charge is 0.192 e. The van der Waals surface area contributed by atoms with Crippen molar-refractivity contribution in [1.82, 2.24) is 0 Å². The van der Waals surface area contributed by atoms with Gasteiger partial charge >= 0.3 is 0 Å². The molecule has 0 spiro atoms. The molecule has 0 aliphatic carbocycles. The monoisotopic (exact) mass is 421 g/mol. The van der Waals surface area contributed by atoms with Crippen LogP contribution in [-0.2, 0) is 21.1 Å². The SMILES string of the molecule is C[n+]1ccc(N(c2ccc[n+](C)c2)c2ccc[n+](C)c2)cc1.I. The van der Waals surface area contributed by atoms with Crippen molar-refractivity contribution in [3.8, 4) is 0 Å². The lowest BCUT2D eigenvalue weighted by atomic mass is 10.2. The molecule has 0 aromatic carbocycles. The Hall–Kier alpha value is -2.02. The first-order valence-corrected chi connectivity index (χ1v) is 7.29. The average Bonchev–Trinajstić information content (AvgIpc) is 2.50. The third-order valence-corrected chi connectivity index (χ3v) is 3.58. The summed E-state index contributed by atoms with van der Waals surface area (Å²) in [7, 11) is 6.11. The van der Waals surface area contributed by atoms with Crippen molar-refractivity contribution in [3.05, 3.63) is 73.6 Å². The number of hydrogen-bond acceptors (Lipinski definition) is 1. The van der Waals surface area contributed by atoms with Gasteiger partial charge in [0.25, 0.3) is 0 Å².